The first-order chi connectivity index (χ1) is 19.6. The molecule has 0 aliphatic heterocycles. The van der Waals surface area contributed by atoms with E-state index in [4.69, 9.17) is 9.47 Å². The Kier molecular flexibility index (Phi) is 9.06. The Balaban J connectivity index is 1.74. The Hall–Kier alpha value is -3.78. The molecule has 4 aromatic rings. The van der Waals surface area contributed by atoms with E-state index in [1.54, 1.807) is 36.4 Å². The average molecular weight is 667 g/mol. The molecular formula is C28H27BrF3N5O4S. The van der Waals surface area contributed by atoms with Gasteiger partial charge in [0, 0.05) is 12.4 Å². The Bertz CT molecular complexity index is 1640. The topological polar surface area (TPSA) is 116 Å². The second kappa shape index (κ2) is 12.2. The summed E-state index contributed by atoms with van der Waals surface area (Å²) in [7, 11) is -4.37. The zero-order valence-electron chi connectivity index (χ0n) is 23.0. The standard InChI is InChI=1S/C28H27BrF3N5O4S/c1-17-5-7-18(8-6-17)22-23(37-42(38,39)21-11-9-19(10-12-21)27(2,3)4)35-25(28(30,31)32)36-24(22)40-13-14-41-26-33-15-20(29)16-34-26/h5-12,15-16H,13-14H2,1-4H3,(H,35,36,37). The van der Waals surface area contributed by atoms with E-state index in [0.29, 0.717) is 10.0 Å². The number of anilines is 1. The maximum Gasteiger partial charge on any atom is 0.451 e. The summed E-state index contributed by atoms with van der Waals surface area (Å²) in [6, 6.07) is 12.8. The SMILES string of the molecule is Cc1ccc(-c2c(NS(=O)(=O)c3ccc(C(C)(C)C)cc3)nc(C(F)(F)F)nc2OCCOc2ncc(Br)cn2)cc1. The summed E-state index contributed by atoms with van der Waals surface area (Å²) in [4.78, 5) is 15.0. The predicted molar refractivity (Wildman–Crippen MR) is 154 cm³/mol. The minimum atomic E-state index is -5.00. The van der Waals surface area contributed by atoms with Gasteiger partial charge in [0.25, 0.3) is 10.0 Å². The molecule has 0 fully saturated rings. The number of hydrogen-bond acceptors (Lipinski definition) is 8. The molecule has 0 radical (unpaired) electrons. The summed E-state index contributed by atoms with van der Waals surface area (Å²) in [6.07, 6.45) is -2.07. The minimum Gasteiger partial charge on any atom is -0.473 e. The maximum atomic E-state index is 13.9. The number of benzene rings is 2. The van der Waals surface area contributed by atoms with Crippen molar-refractivity contribution in [2.75, 3.05) is 17.9 Å². The molecule has 2 aromatic carbocycles. The lowest BCUT2D eigenvalue weighted by molar-refractivity contribution is -0.145. The number of ether oxygens (including phenoxy) is 2. The van der Waals surface area contributed by atoms with Crippen LogP contribution in [0.5, 0.6) is 11.9 Å². The fraction of sp³-hybridized carbons (Fsp3) is 0.286. The molecule has 0 saturated carbocycles. The van der Waals surface area contributed by atoms with Gasteiger partial charge in [-0.2, -0.15) is 18.2 Å². The molecule has 1 N–H and O–H groups in total. The van der Waals surface area contributed by atoms with Crippen LogP contribution in [0.15, 0.2) is 70.3 Å². The summed E-state index contributed by atoms with van der Waals surface area (Å²) >= 11 is 3.21. The Morgan fingerprint density at radius 1 is 0.881 bits per heavy atom. The van der Waals surface area contributed by atoms with Crippen LogP contribution in [0, 0.1) is 6.92 Å². The highest BCUT2D eigenvalue weighted by Crippen LogP contribution is 2.39. The zero-order chi connectivity index (χ0) is 30.7. The van der Waals surface area contributed by atoms with Crippen molar-refractivity contribution in [3.63, 3.8) is 0 Å². The molecule has 2 heterocycles. The van der Waals surface area contributed by atoms with Crippen molar-refractivity contribution < 1.29 is 31.1 Å². The largest absolute Gasteiger partial charge is 0.473 e. The van der Waals surface area contributed by atoms with Crippen molar-refractivity contribution in [1.29, 1.82) is 0 Å². The van der Waals surface area contributed by atoms with Crippen molar-refractivity contribution in [2.24, 2.45) is 0 Å². The van der Waals surface area contributed by atoms with Gasteiger partial charge in [-0.15, -0.1) is 0 Å². The average Bonchev–Trinajstić information content (AvgIpc) is 2.91. The molecule has 0 unspecified atom stereocenters. The molecular weight excluding hydrogens is 639 g/mol. The molecule has 0 amide bonds. The highest BCUT2D eigenvalue weighted by atomic mass is 79.9. The van der Waals surface area contributed by atoms with Crippen molar-refractivity contribution in [1.82, 2.24) is 19.9 Å². The van der Waals surface area contributed by atoms with Gasteiger partial charge >= 0.3 is 12.2 Å². The molecule has 0 saturated heterocycles. The first kappa shape index (κ1) is 31.2. The van der Waals surface area contributed by atoms with E-state index in [1.165, 1.54) is 24.5 Å². The van der Waals surface area contributed by atoms with Crippen molar-refractivity contribution in [3.8, 4) is 23.0 Å². The summed E-state index contributed by atoms with van der Waals surface area (Å²) in [5.41, 5.74) is 1.79. The highest BCUT2D eigenvalue weighted by Gasteiger charge is 2.37. The van der Waals surface area contributed by atoms with Crippen LogP contribution >= 0.6 is 15.9 Å². The third kappa shape index (κ3) is 7.73. The molecule has 2 aromatic heterocycles. The maximum absolute atomic E-state index is 13.9. The lowest BCUT2D eigenvalue weighted by atomic mass is 9.87. The molecule has 0 atom stereocenters. The van der Waals surface area contributed by atoms with Crippen LogP contribution in [-0.4, -0.2) is 41.6 Å². The number of sulfonamides is 1. The Morgan fingerprint density at radius 2 is 1.48 bits per heavy atom. The third-order valence-corrected chi connectivity index (χ3v) is 7.65. The quantitative estimate of drug-likeness (QED) is 0.199. The number of rotatable bonds is 9. The molecule has 14 heteroatoms. The van der Waals surface area contributed by atoms with Crippen LogP contribution in [-0.2, 0) is 21.6 Å². The third-order valence-electron chi connectivity index (χ3n) is 5.88. The van der Waals surface area contributed by atoms with E-state index in [0.717, 1.165) is 11.1 Å². The van der Waals surface area contributed by atoms with Gasteiger partial charge < -0.3 is 9.47 Å². The van der Waals surface area contributed by atoms with Crippen molar-refractivity contribution in [3.05, 3.63) is 82.3 Å². The number of alkyl halides is 3. The van der Waals surface area contributed by atoms with Crippen LogP contribution in [0.3, 0.4) is 0 Å². The number of nitrogens with zero attached hydrogens (tertiary/aromatic N) is 4. The van der Waals surface area contributed by atoms with Crippen LogP contribution in [0.2, 0.25) is 0 Å². The van der Waals surface area contributed by atoms with Crippen molar-refractivity contribution >= 4 is 31.8 Å². The van der Waals surface area contributed by atoms with Crippen LogP contribution in [0.1, 0.15) is 37.7 Å². The number of aryl methyl sites for hydroxylation is 1. The molecule has 0 bridgehead atoms. The Morgan fingerprint density at radius 3 is 2.05 bits per heavy atom. The van der Waals surface area contributed by atoms with E-state index in [2.05, 4.69) is 40.6 Å². The second-order valence-corrected chi connectivity index (χ2v) is 12.8. The summed E-state index contributed by atoms with van der Waals surface area (Å²) < 4.78 is 82.3. The number of nitrogens with one attached hydrogen (secondary N) is 1. The normalized spacial score (nSPS) is 12.2. The van der Waals surface area contributed by atoms with Gasteiger partial charge in [-0.05, 0) is 51.5 Å². The lowest BCUT2D eigenvalue weighted by Crippen LogP contribution is -2.20. The minimum absolute atomic E-state index is 0.0326. The monoisotopic (exact) mass is 665 g/mol. The summed E-state index contributed by atoms with van der Waals surface area (Å²) in [6.45, 7) is 7.35. The lowest BCUT2D eigenvalue weighted by Gasteiger charge is -2.20. The van der Waals surface area contributed by atoms with E-state index >= 15 is 0 Å². The molecule has 0 aliphatic carbocycles. The molecule has 0 aliphatic rings. The van der Waals surface area contributed by atoms with Crippen LogP contribution < -0.4 is 14.2 Å². The Labute approximate surface area is 249 Å². The van der Waals surface area contributed by atoms with Crippen LogP contribution in [0.25, 0.3) is 11.1 Å². The molecule has 9 nitrogen and oxygen atoms in total. The first-order valence-electron chi connectivity index (χ1n) is 12.6. The number of hydrogen-bond donors (Lipinski definition) is 1. The van der Waals surface area contributed by atoms with E-state index in [-0.39, 0.29) is 35.1 Å². The predicted octanol–water partition coefficient (Wildman–Crippen LogP) is 6.58. The number of halogens is 4. The van der Waals surface area contributed by atoms with Crippen LogP contribution in [0.4, 0.5) is 19.0 Å². The van der Waals surface area contributed by atoms with E-state index in [1.807, 2.05) is 27.7 Å². The highest BCUT2D eigenvalue weighted by molar-refractivity contribution is 9.10. The second-order valence-electron chi connectivity index (χ2n) is 10.2. The van der Waals surface area contributed by atoms with E-state index in [9.17, 15) is 21.6 Å². The first-order valence-corrected chi connectivity index (χ1v) is 14.8. The molecule has 222 valence electrons. The summed E-state index contributed by atoms with van der Waals surface area (Å²) in [5, 5.41) is 0. The van der Waals surface area contributed by atoms with Gasteiger partial charge in [-0.25, -0.2) is 23.4 Å². The van der Waals surface area contributed by atoms with Gasteiger partial charge in [0.1, 0.15) is 13.2 Å². The smallest absolute Gasteiger partial charge is 0.451 e. The van der Waals surface area contributed by atoms with Gasteiger partial charge in [0.15, 0.2) is 5.82 Å². The van der Waals surface area contributed by atoms with Gasteiger partial charge in [-0.3, -0.25) is 4.72 Å². The molecule has 42 heavy (non-hydrogen) atoms. The molecule has 4 rings (SSSR count). The fourth-order valence-corrected chi connectivity index (χ4v) is 4.91. The van der Waals surface area contributed by atoms with E-state index < -0.39 is 33.7 Å². The summed E-state index contributed by atoms with van der Waals surface area (Å²) in [5.74, 6) is -2.65. The number of aromatic nitrogens is 4. The zero-order valence-corrected chi connectivity index (χ0v) is 25.4. The van der Waals surface area contributed by atoms with Gasteiger partial charge in [-0.1, -0.05) is 62.7 Å². The van der Waals surface area contributed by atoms with Gasteiger partial charge in [0.2, 0.25) is 11.7 Å². The van der Waals surface area contributed by atoms with Gasteiger partial charge in [0.05, 0.1) is 14.9 Å². The molecule has 0 spiro atoms. The fourth-order valence-electron chi connectivity index (χ4n) is 3.69. The van der Waals surface area contributed by atoms with Crippen molar-refractivity contribution in [2.45, 2.75) is 44.2 Å².